The van der Waals surface area contributed by atoms with Crippen molar-refractivity contribution in [2.45, 2.75) is 50.7 Å². The average Bonchev–Trinajstić information content (AvgIpc) is 2.88. The fraction of sp³-hybridized carbons (Fsp3) is 0.917. The first-order chi connectivity index (χ1) is 7.65. The van der Waals surface area contributed by atoms with Crippen LogP contribution in [0, 0.1) is 5.92 Å². The van der Waals surface area contributed by atoms with Crippen molar-refractivity contribution in [3.8, 4) is 0 Å². The van der Waals surface area contributed by atoms with Crippen molar-refractivity contribution in [1.29, 1.82) is 0 Å². The lowest BCUT2D eigenvalue weighted by Crippen LogP contribution is -2.51. The van der Waals surface area contributed by atoms with Crippen molar-refractivity contribution >= 4 is 5.91 Å². The van der Waals surface area contributed by atoms with Crippen LogP contribution in [0.1, 0.15) is 39.0 Å². The molecule has 4 heteroatoms. The summed E-state index contributed by atoms with van der Waals surface area (Å²) < 4.78 is 5.39. The Morgan fingerprint density at radius 1 is 1.50 bits per heavy atom. The van der Waals surface area contributed by atoms with E-state index >= 15 is 0 Å². The minimum absolute atomic E-state index is 0.0287. The third kappa shape index (κ3) is 2.38. The molecule has 2 rings (SSSR count). The fourth-order valence-corrected chi connectivity index (χ4v) is 2.74. The molecule has 2 aliphatic rings. The van der Waals surface area contributed by atoms with Crippen molar-refractivity contribution in [2.24, 2.45) is 5.92 Å². The topological polar surface area (TPSA) is 58.6 Å². The van der Waals surface area contributed by atoms with Crippen LogP contribution in [0.4, 0.5) is 0 Å². The molecular weight excluding hydrogens is 206 g/mol. The smallest absolute Gasteiger partial charge is 0.226 e. The molecule has 2 atom stereocenters. The van der Waals surface area contributed by atoms with E-state index in [-0.39, 0.29) is 30.1 Å². The predicted octanol–water partition coefficient (Wildman–Crippen LogP) is 0.833. The highest BCUT2D eigenvalue weighted by atomic mass is 16.5. The lowest BCUT2D eigenvalue weighted by atomic mass is 9.96. The molecule has 1 aliphatic carbocycles. The van der Waals surface area contributed by atoms with E-state index in [2.05, 4.69) is 5.32 Å². The van der Waals surface area contributed by atoms with Gasteiger partial charge < -0.3 is 15.2 Å². The maximum atomic E-state index is 12.0. The number of aliphatic hydroxyl groups is 1. The van der Waals surface area contributed by atoms with Crippen LogP contribution in [-0.4, -0.2) is 35.9 Å². The van der Waals surface area contributed by atoms with Gasteiger partial charge in [0.2, 0.25) is 5.91 Å². The maximum absolute atomic E-state index is 12.0. The molecule has 92 valence electrons. The van der Waals surface area contributed by atoms with Gasteiger partial charge in [-0.2, -0.15) is 0 Å². The third-order valence-corrected chi connectivity index (χ3v) is 3.82. The van der Waals surface area contributed by atoms with Crippen LogP contribution in [0.25, 0.3) is 0 Å². The number of carbonyl (C=O) groups is 1. The summed E-state index contributed by atoms with van der Waals surface area (Å²) in [7, 11) is 0. The second-order valence-corrected chi connectivity index (χ2v) is 5.21. The molecule has 0 aromatic heterocycles. The van der Waals surface area contributed by atoms with Crippen molar-refractivity contribution < 1.29 is 14.6 Å². The van der Waals surface area contributed by atoms with E-state index < -0.39 is 0 Å². The van der Waals surface area contributed by atoms with Gasteiger partial charge in [0.25, 0.3) is 0 Å². The second kappa shape index (κ2) is 4.72. The molecule has 1 amide bonds. The Balaban J connectivity index is 1.90. The Morgan fingerprint density at radius 2 is 2.19 bits per heavy atom. The zero-order valence-electron chi connectivity index (χ0n) is 9.87. The lowest BCUT2D eigenvalue weighted by Gasteiger charge is -2.29. The number of rotatable bonds is 3. The van der Waals surface area contributed by atoms with Gasteiger partial charge in [0, 0.05) is 0 Å². The summed E-state index contributed by atoms with van der Waals surface area (Å²) in [5.74, 6) is 0.0272. The third-order valence-electron chi connectivity index (χ3n) is 3.82. The highest BCUT2D eigenvalue weighted by Crippen LogP contribution is 2.30. The first-order valence-electron chi connectivity index (χ1n) is 6.20. The molecule has 2 fully saturated rings. The number of aliphatic hydroxyl groups excluding tert-OH is 1. The number of carbonyl (C=O) groups excluding carboxylic acids is 1. The molecule has 1 heterocycles. The van der Waals surface area contributed by atoms with Crippen LogP contribution < -0.4 is 5.32 Å². The van der Waals surface area contributed by atoms with Crippen LogP contribution in [0.5, 0.6) is 0 Å². The van der Waals surface area contributed by atoms with Crippen molar-refractivity contribution in [3.05, 3.63) is 0 Å². The number of amides is 1. The van der Waals surface area contributed by atoms with Gasteiger partial charge in [-0.25, -0.2) is 0 Å². The summed E-state index contributed by atoms with van der Waals surface area (Å²) in [6, 6.07) is 0. The van der Waals surface area contributed by atoms with E-state index in [0.717, 1.165) is 32.1 Å². The van der Waals surface area contributed by atoms with Crippen LogP contribution >= 0.6 is 0 Å². The van der Waals surface area contributed by atoms with E-state index in [1.807, 2.05) is 6.92 Å². The van der Waals surface area contributed by atoms with E-state index in [1.165, 1.54) is 0 Å². The first-order valence-corrected chi connectivity index (χ1v) is 6.20. The number of hydrogen-bond donors (Lipinski definition) is 2. The molecule has 1 aliphatic heterocycles. The van der Waals surface area contributed by atoms with Crippen LogP contribution in [0.2, 0.25) is 0 Å². The molecule has 0 radical (unpaired) electrons. The van der Waals surface area contributed by atoms with Crippen molar-refractivity contribution in [1.82, 2.24) is 5.32 Å². The second-order valence-electron chi connectivity index (χ2n) is 5.21. The summed E-state index contributed by atoms with van der Waals surface area (Å²) >= 11 is 0. The monoisotopic (exact) mass is 227 g/mol. The molecule has 0 spiro atoms. The zero-order chi connectivity index (χ0) is 11.6. The van der Waals surface area contributed by atoms with Crippen molar-refractivity contribution in [2.75, 3.05) is 13.2 Å². The molecule has 1 saturated carbocycles. The molecule has 2 unspecified atom stereocenters. The zero-order valence-corrected chi connectivity index (χ0v) is 9.87. The fourth-order valence-electron chi connectivity index (χ4n) is 2.74. The van der Waals surface area contributed by atoms with Crippen LogP contribution in [-0.2, 0) is 9.53 Å². The summed E-state index contributed by atoms with van der Waals surface area (Å²) in [4.78, 5) is 12.0. The Morgan fingerprint density at radius 3 is 2.69 bits per heavy atom. The van der Waals surface area contributed by atoms with Crippen LogP contribution in [0.15, 0.2) is 0 Å². The minimum Gasteiger partial charge on any atom is -0.394 e. The van der Waals surface area contributed by atoms with Gasteiger partial charge in [-0.3, -0.25) is 4.79 Å². The average molecular weight is 227 g/mol. The number of nitrogens with one attached hydrogen (secondary N) is 1. The molecule has 4 nitrogen and oxygen atoms in total. The highest BCUT2D eigenvalue weighted by Gasteiger charge is 2.37. The minimum atomic E-state index is -0.344. The Bertz CT molecular complexity index is 261. The highest BCUT2D eigenvalue weighted by molar-refractivity contribution is 5.80. The largest absolute Gasteiger partial charge is 0.394 e. The molecular formula is C12H21NO3. The van der Waals surface area contributed by atoms with E-state index in [1.54, 1.807) is 0 Å². The van der Waals surface area contributed by atoms with Gasteiger partial charge in [0.05, 0.1) is 30.8 Å². The summed E-state index contributed by atoms with van der Waals surface area (Å²) in [5, 5.41) is 12.4. The summed E-state index contributed by atoms with van der Waals surface area (Å²) in [6.45, 7) is 2.57. The Labute approximate surface area is 96.4 Å². The maximum Gasteiger partial charge on any atom is 0.226 e. The van der Waals surface area contributed by atoms with Gasteiger partial charge in [0.1, 0.15) is 0 Å². The molecule has 16 heavy (non-hydrogen) atoms. The van der Waals surface area contributed by atoms with Gasteiger partial charge >= 0.3 is 0 Å². The molecule has 0 bridgehead atoms. The predicted molar refractivity (Wildman–Crippen MR) is 59.9 cm³/mol. The molecule has 0 aromatic rings. The SMILES string of the molecule is CC1CC(C(=O)NC2(CO)CCCC2)CO1. The standard InChI is InChI=1S/C12H21NO3/c1-9-6-10(7-16-9)11(15)13-12(8-14)4-2-3-5-12/h9-10,14H,2-8H2,1H3,(H,13,15). The first kappa shape index (κ1) is 11.9. The quantitative estimate of drug-likeness (QED) is 0.751. The Kier molecular flexibility index (Phi) is 3.50. The van der Waals surface area contributed by atoms with E-state index in [9.17, 15) is 9.90 Å². The lowest BCUT2D eigenvalue weighted by molar-refractivity contribution is -0.127. The number of hydrogen-bond acceptors (Lipinski definition) is 3. The van der Waals surface area contributed by atoms with E-state index in [4.69, 9.17) is 4.74 Å². The van der Waals surface area contributed by atoms with Gasteiger partial charge in [-0.15, -0.1) is 0 Å². The Hall–Kier alpha value is -0.610. The van der Waals surface area contributed by atoms with E-state index in [0.29, 0.717) is 6.61 Å². The summed E-state index contributed by atoms with van der Waals surface area (Å²) in [6.07, 6.45) is 4.98. The molecule has 1 saturated heterocycles. The summed E-state index contributed by atoms with van der Waals surface area (Å²) in [5.41, 5.74) is -0.344. The van der Waals surface area contributed by atoms with Crippen LogP contribution in [0.3, 0.4) is 0 Å². The number of ether oxygens (including phenoxy) is 1. The van der Waals surface area contributed by atoms with Gasteiger partial charge in [0.15, 0.2) is 0 Å². The van der Waals surface area contributed by atoms with Crippen molar-refractivity contribution in [3.63, 3.8) is 0 Å². The molecule has 0 aromatic carbocycles. The van der Waals surface area contributed by atoms with Gasteiger partial charge in [-0.05, 0) is 26.2 Å². The normalized spacial score (nSPS) is 32.9. The van der Waals surface area contributed by atoms with Gasteiger partial charge in [-0.1, -0.05) is 12.8 Å². The molecule has 2 N–H and O–H groups in total.